The minimum Gasteiger partial charge on any atom is -0.393 e. The zero-order valence-corrected chi connectivity index (χ0v) is 12.4. The number of halogens is 1. The fourth-order valence-corrected chi connectivity index (χ4v) is 2.43. The first kappa shape index (κ1) is 15.7. The van der Waals surface area contributed by atoms with Crippen LogP contribution in [0, 0.1) is 11.7 Å². The number of hydrogen-bond donors (Lipinski definition) is 3. The monoisotopic (exact) mass is 291 g/mol. The minimum atomic E-state index is -0.273. The largest absolute Gasteiger partial charge is 0.393 e. The van der Waals surface area contributed by atoms with Gasteiger partial charge in [-0.15, -0.1) is 0 Å². The summed E-state index contributed by atoms with van der Waals surface area (Å²) in [7, 11) is 0. The van der Waals surface area contributed by atoms with E-state index in [-0.39, 0.29) is 11.9 Å². The summed E-state index contributed by atoms with van der Waals surface area (Å²) in [5, 5.41) is 19.7. The van der Waals surface area contributed by atoms with Gasteiger partial charge in [-0.1, -0.05) is 6.92 Å². The van der Waals surface area contributed by atoms with Crippen LogP contribution in [0.25, 0.3) is 11.3 Å². The van der Waals surface area contributed by atoms with Gasteiger partial charge in [0.05, 0.1) is 18.0 Å². The number of H-pyrrole nitrogens is 1. The van der Waals surface area contributed by atoms with E-state index in [2.05, 4.69) is 22.4 Å². The van der Waals surface area contributed by atoms with Crippen LogP contribution in [0.2, 0.25) is 0 Å². The highest BCUT2D eigenvalue weighted by Gasteiger charge is 2.09. The van der Waals surface area contributed by atoms with Gasteiger partial charge in [-0.05, 0) is 50.1 Å². The van der Waals surface area contributed by atoms with Crippen LogP contribution >= 0.6 is 0 Å². The van der Waals surface area contributed by atoms with Crippen LogP contribution in [0.3, 0.4) is 0 Å². The molecule has 0 aliphatic carbocycles. The molecule has 0 amide bonds. The fraction of sp³-hybridized carbons (Fsp3) is 0.438. The molecule has 2 rings (SSSR count). The van der Waals surface area contributed by atoms with Crippen LogP contribution in [0.1, 0.15) is 25.8 Å². The lowest BCUT2D eigenvalue weighted by Gasteiger charge is -2.14. The van der Waals surface area contributed by atoms with Gasteiger partial charge in [0.15, 0.2) is 0 Å². The average molecular weight is 291 g/mol. The van der Waals surface area contributed by atoms with Crippen molar-refractivity contribution in [2.75, 3.05) is 6.54 Å². The van der Waals surface area contributed by atoms with Gasteiger partial charge in [-0.2, -0.15) is 5.10 Å². The standard InChI is InChI=1S/C16H22FN3O/c1-11(7-12(2)21)8-18-9-14-10-19-20-16(14)13-3-5-15(17)6-4-13/h3-6,10-12,18,21H,7-9H2,1-2H3,(H,19,20). The summed E-state index contributed by atoms with van der Waals surface area (Å²) in [5.41, 5.74) is 2.87. The maximum atomic E-state index is 13.0. The summed E-state index contributed by atoms with van der Waals surface area (Å²) in [6.07, 6.45) is 2.29. The Labute approximate surface area is 124 Å². The Bertz CT molecular complexity index is 551. The van der Waals surface area contributed by atoms with Crippen molar-refractivity contribution < 1.29 is 9.50 Å². The average Bonchev–Trinajstić information content (AvgIpc) is 2.87. The van der Waals surface area contributed by atoms with Crippen molar-refractivity contribution in [2.24, 2.45) is 5.92 Å². The van der Waals surface area contributed by atoms with Gasteiger partial charge in [-0.25, -0.2) is 4.39 Å². The topological polar surface area (TPSA) is 60.9 Å². The molecule has 1 heterocycles. The summed E-state index contributed by atoms with van der Waals surface area (Å²) in [5.74, 6) is 0.163. The van der Waals surface area contributed by atoms with Gasteiger partial charge in [0.2, 0.25) is 0 Å². The zero-order chi connectivity index (χ0) is 15.2. The normalized spacial score (nSPS) is 14.1. The Morgan fingerprint density at radius 1 is 1.29 bits per heavy atom. The molecule has 2 aromatic rings. The van der Waals surface area contributed by atoms with Crippen molar-refractivity contribution in [3.05, 3.63) is 41.8 Å². The van der Waals surface area contributed by atoms with E-state index in [9.17, 15) is 9.50 Å². The van der Waals surface area contributed by atoms with Crippen LogP contribution in [0.5, 0.6) is 0 Å². The fourth-order valence-electron chi connectivity index (χ4n) is 2.43. The predicted molar refractivity (Wildman–Crippen MR) is 81.2 cm³/mol. The molecule has 1 aromatic carbocycles. The van der Waals surface area contributed by atoms with Crippen LogP contribution in [-0.4, -0.2) is 28.0 Å². The van der Waals surface area contributed by atoms with Crippen LogP contribution < -0.4 is 5.32 Å². The van der Waals surface area contributed by atoms with Crippen LogP contribution in [0.15, 0.2) is 30.5 Å². The van der Waals surface area contributed by atoms with Crippen LogP contribution in [0.4, 0.5) is 4.39 Å². The smallest absolute Gasteiger partial charge is 0.123 e. The number of nitrogens with one attached hydrogen (secondary N) is 2. The van der Waals surface area contributed by atoms with Gasteiger partial charge in [0, 0.05) is 17.7 Å². The first-order chi connectivity index (χ1) is 10.1. The molecule has 2 atom stereocenters. The lowest BCUT2D eigenvalue weighted by Crippen LogP contribution is -2.23. The molecule has 0 radical (unpaired) electrons. The van der Waals surface area contributed by atoms with E-state index in [1.165, 1.54) is 12.1 Å². The molecule has 0 spiro atoms. The van der Waals surface area contributed by atoms with E-state index in [0.29, 0.717) is 12.5 Å². The van der Waals surface area contributed by atoms with E-state index < -0.39 is 0 Å². The second-order valence-corrected chi connectivity index (χ2v) is 5.60. The number of aromatic nitrogens is 2. The Morgan fingerprint density at radius 3 is 2.67 bits per heavy atom. The number of benzene rings is 1. The van der Waals surface area contributed by atoms with Gasteiger partial charge < -0.3 is 10.4 Å². The lowest BCUT2D eigenvalue weighted by atomic mass is 10.0. The molecular weight excluding hydrogens is 269 g/mol. The molecule has 0 aliphatic heterocycles. The van der Waals surface area contributed by atoms with E-state index in [1.54, 1.807) is 25.3 Å². The van der Waals surface area contributed by atoms with Gasteiger partial charge in [0.1, 0.15) is 5.82 Å². The second kappa shape index (κ2) is 7.33. The molecule has 0 saturated carbocycles. The molecule has 5 heteroatoms. The highest BCUT2D eigenvalue weighted by atomic mass is 19.1. The summed E-state index contributed by atoms with van der Waals surface area (Å²) < 4.78 is 13.0. The summed E-state index contributed by atoms with van der Waals surface area (Å²) >= 11 is 0. The number of aliphatic hydroxyl groups is 1. The maximum Gasteiger partial charge on any atom is 0.123 e. The van der Waals surface area contributed by atoms with E-state index in [4.69, 9.17) is 0 Å². The highest BCUT2D eigenvalue weighted by Crippen LogP contribution is 2.21. The van der Waals surface area contributed by atoms with Crippen molar-refractivity contribution in [1.29, 1.82) is 0 Å². The number of aromatic amines is 1. The van der Waals surface area contributed by atoms with Crippen molar-refractivity contribution >= 4 is 0 Å². The number of hydrogen-bond acceptors (Lipinski definition) is 3. The first-order valence-electron chi connectivity index (χ1n) is 7.23. The molecule has 1 aromatic heterocycles. The first-order valence-corrected chi connectivity index (χ1v) is 7.23. The third-order valence-electron chi connectivity index (χ3n) is 3.40. The molecule has 3 N–H and O–H groups in total. The Hall–Kier alpha value is -1.72. The number of aliphatic hydroxyl groups excluding tert-OH is 1. The molecule has 4 nitrogen and oxygen atoms in total. The second-order valence-electron chi connectivity index (χ2n) is 5.60. The molecule has 0 bridgehead atoms. The SMILES string of the molecule is CC(O)CC(C)CNCc1cn[nH]c1-c1ccc(F)cc1. The molecule has 0 aliphatic rings. The maximum absolute atomic E-state index is 13.0. The number of nitrogens with zero attached hydrogens (tertiary/aromatic N) is 1. The molecule has 2 unspecified atom stereocenters. The van der Waals surface area contributed by atoms with Gasteiger partial charge in [-0.3, -0.25) is 5.10 Å². The minimum absolute atomic E-state index is 0.245. The molecule has 114 valence electrons. The Kier molecular flexibility index (Phi) is 5.47. The summed E-state index contributed by atoms with van der Waals surface area (Å²) in [6.45, 7) is 5.43. The predicted octanol–water partition coefficient (Wildman–Crippen LogP) is 2.71. The van der Waals surface area contributed by atoms with Crippen molar-refractivity contribution in [3.8, 4) is 11.3 Å². The lowest BCUT2D eigenvalue weighted by molar-refractivity contribution is 0.163. The zero-order valence-electron chi connectivity index (χ0n) is 12.4. The van der Waals surface area contributed by atoms with Crippen molar-refractivity contribution in [2.45, 2.75) is 32.9 Å². The highest BCUT2D eigenvalue weighted by molar-refractivity contribution is 5.62. The Balaban J connectivity index is 1.93. The number of rotatable bonds is 7. The van der Waals surface area contributed by atoms with E-state index in [0.717, 1.165) is 29.8 Å². The van der Waals surface area contributed by atoms with Crippen molar-refractivity contribution in [1.82, 2.24) is 15.5 Å². The van der Waals surface area contributed by atoms with Gasteiger partial charge >= 0.3 is 0 Å². The Morgan fingerprint density at radius 2 is 2.00 bits per heavy atom. The molecule has 21 heavy (non-hydrogen) atoms. The van der Waals surface area contributed by atoms with Crippen molar-refractivity contribution in [3.63, 3.8) is 0 Å². The van der Waals surface area contributed by atoms with Gasteiger partial charge in [0.25, 0.3) is 0 Å². The molecule has 0 fully saturated rings. The molecule has 0 saturated heterocycles. The van der Waals surface area contributed by atoms with Crippen LogP contribution in [-0.2, 0) is 6.54 Å². The third kappa shape index (κ3) is 4.65. The van der Waals surface area contributed by atoms with E-state index in [1.807, 2.05) is 0 Å². The molecular formula is C16H22FN3O. The van der Waals surface area contributed by atoms with E-state index >= 15 is 0 Å². The quantitative estimate of drug-likeness (QED) is 0.735. The summed E-state index contributed by atoms with van der Waals surface area (Å²) in [6, 6.07) is 6.36. The summed E-state index contributed by atoms with van der Waals surface area (Å²) in [4.78, 5) is 0. The third-order valence-corrected chi connectivity index (χ3v) is 3.40.